The van der Waals surface area contributed by atoms with Crippen molar-refractivity contribution < 1.29 is 27.7 Å². The van der Waals surface area contributed by atoms with E-state index in [1.165, 1.54) is 23.5 Å². The first-order valence-corrected chi connectivity index (χ1v) is 12.2. The Labute approximate surface area is 185 Å². The van der Waals surface area contributed by atoms with Crippen molar-refractivity contribution in [1.82, 2.24) is 4.98 Å². The van der Waals surface area contributed by atoms with E-state index in [2.05, 4.69) is 10.3 Å². The summed E-state index contributed by atoms with van der Waals surface area (Å²) in [5, 5.41) is 16.0. The number of ether oxygens (including phenoxy) is 3. The van der Waals surface area contributed by atoms with E-state index < -0.39 is 16.1 Å². The Hall–Kier alpha value is -2.66. The van der Waals surface area contributed by atoms with Crippen LogP contribution < -0.4 is 14.8 Å². The van der Waals surface area contributed by atoms with Gasteiger partial charge in [-0.25, -0.2) is 13.4 Å². The van der Waals surface area contributed by atoms with Crippen LogP contribution in [0, 0.1) is 0 Å². The lowest BCUT2D eigenvalue weighted by molar-refractivity contribution is 0.182. The molecule has 8 nitrogen and oxygen atoms in total. The smallest absolute Gasteiger partial charge is 0.185 e. The second kappa shape index (κ2) is 10.1. The molecule has 2 N–H and O–H groups in total. The first-order valence-electron chi connectivity index (χ1n) is 9.42. The molecule has 0 bridgehead atoms. The van der Waals surface area contributed by atoms with E-state index in [-0.39, 0.29) is 4.90 Å². The third-order valence-corrected chi connectivity index (χ3v) is 6.07. The first kappa shape index (κ1) is 23.0. The van der Waals surface area contributed by atoms with E-state index in [1.54, 1.807) is 37.4 Å². The monoisotopic (exact) mass is 464 g/mol. The lowest BCUT2D eigenvalue weighted by Crippen LogP contribution is -2.10. The average Bonchev–Trinajstić information content (AvgIpc) is 3.15. The molecule has 1 aromatic heterocycles. The van der Waals surface area contributed by atoms with Crippen molar-refractivity contribution in [1.29, 1.82) is 0 Å². The number of nitrogens with zero attached hydrogens (tertiary/aromatic N) is 1. The molecule has 0 aliphatic carbocycles. The van der Waals surface area contributed by atoms with Gasteiger partial charge in [0.2, 0.25) is 0 Å². The third kappa shape index (κ3) is 6.41. The number of methoxy groups -OCH3 is 1. The molecule has 1 unspecified atom stereocenters. The fraction of sp³-hybridized carbons (Fsp3) is 0.286. The highest BCUT2D eigenvalue weighted by Gasteiger charge is 2.14. The lowest BCUT2D eigenvalue weighted by atomic mass is 10.1. The van der Waals surface area contributed by atoms with Gasteiger partial charge in [-0.1, -0.05) is 0 Å². The van der Waals surface area contributed by atoms with Crippen LogP contribution in [0.4, 0.5) is 5.13 Å². The van der Waals surface area contributed by atoms with Gasteiger partial charge in [-0.05, 0) is 43.3 Å². The van der Waals surface area contributed by atoms with Crippen molar-refractivity contribution in [3.05, 3.63) is 59.1 Å². The molecule has 0 amide bonds. The molecule has 0 aliphatic rings. The molecule has 0 saturated carbocycles. The predicted molar refractivity (Wildman–Crippen MR) is 119 cm³/mol. The summed E-state index contributed by atoms with van der Waals surface area (Å²) >= 11 is 1.36. The first-order chi connectivity index (χ1) is 14.8. The Balaban J connectivity index is 1.80. The Morgan fingerprint density at radius 1 is 1.13 bits per heavy atom. The second-order valence-corrected chi connectivity index (χ2v) is 9.51. The van der Waals surface area contributed by atoms with Crippen LogP contribution in [0.5, 0.6) is 17.2 Å². The average molecular weight is 465 g/mol. The van der Waals surface area contributed by atoms with Gasteiger partial charge in [-0.3, -0.25) is 0 Å². The van der Waals surface area contributed by atoms with Crippen LogP contribution in [0.15, 0.2) is 52.7 Å². The molecule has 0 aliphatic heterocycles. The van der Waals surface area contributed by atoms with Crippen molar-refractivity contribution in [3.8, 4) is 17.2 Å². The number of hydrogen-bond donors (Lipinski definition) is 2. The van der Waals surface area contributed by atoms with Crippen LogP contribution in [-0.2, 0) is 21.2 Å². The molecule has 0 fully saturated rings. The van der Waals surface area contributed by atoms with Gasteiger partial charge in [0.15, 0.2) is 21.2 Å². The van der Waals surface area contributed by atoms with E-state index in [1.807, 2.05) is 12.3 Å². The third-order valence-electron chi connectivity index (χ3n) is 4.12. The largest absolute Gasteiger partial charge is 0.494 e. The summed E-state index contributed by atoms with van der Waals surface area (Å²) in [6.45, 7) is 2.70. The maximum atomic E-state index is 11.6. The maximum absolute atomic E-state index is 11.6. The van der Waals surface area contributed by atoms with Gasteiger partial charge in [0.05, 0.1) is 23.8 Å². The highest BCUT2D eigenvalue weighted by atomic mass is 32.2. The number of hydrogen-bond acceptors (Lipinski definition) is 9. The van der Waals surface area contributed by atoms with Crippen molar-refractivity contribution in [2.75, 3.05) is 25.3 Å². The van der Waals surface area contributed by atoms with Crippen LogP contribution in [0.2, 0.25) is 0 Å². The van der Waals surface area contributed by atoms with Crippen LogP contribution in [0.25, 0.3) is 0 Å². The molecule has 1 heterocycles. The number of nitrogens with one attached hydrogen (secondary N) is 1. The standard InChI is InChI=1S/C21H24N2O6S2/c1-4-28-17-9-14(20(24)23-21-22-15(12-27-2)13-30-21)10-18(11-17)29-16-5-7-19(8-6-16)31(3,25)26/h5-11,13,20,24H,4,12H2,1-3H3,(H,22,23). The molecule has 10 heteroatoms. The summed E-state index contributed by atoms with van der Waals surface area (Å²) in [6, 6.07) is 11.2. The van der Waals surface area contributed by atoms with E-state index in [9.17, 15) is 13.5 Å². The minimum absolute atomic E-state index is 0.208. The van der Waals surface area contributed by atoms with Gasteiger partial charge in [-0.2, -0.15) is 0 Å². The topological polar surface area (TPSA) is 107 Å². The van der Waals surface area contributed by atoms with Gasteiger partial charge < -0.3 is 24.6 Å². The van der Waals surface area contributed by atoms with Crippen LogP contribution in [-0.4, -0.2) is 38.5 Å². The molecule has 0 spiro atoms. The Kier molecular flexibility index (Phi) is 7.50. The van der Waals surface area contributed by atoms with E-state index in [0.29, 0.717) is 41.2 Å². The number of aliphatic hydroxyl groups excluding tert-OH is 1. The van der Waals surface area contributed by atoms with Gasteiger partial charge in [0, 0.05) is 30.4 Å². The number of aromatic nitrogens is 1. The molecule has 166 valence electrons. The molecular weight excluding hydrogens is 440 g/mol. The molecule has 3 rings (SSSR count). The minimum atomic E-state index is -3.29. The Bertz CT molecular complexity index is 1110. The van der Waals surface area contributed by atoms with E-state index in [4.69, 9.17) is 14.2 Å². The Morgan fingerprint density at radius 2 is 1.84 bits per heavy atom. The van der Waals surface area contributed by atoms with Crippen LogP contribution >= 0.6 is 11.3 Å². The highest BCUT2D eigenvalue weighted by Crippen LogP contribution is 2.31. The summed E-state index contributed by atoms with van der Waals surface area (Å²) in [6.07, 6.45) is 0.104. The summed E-state index contributed by atoms with van der Waals surface area (Å²) < 4.78 is 39.8. The van der Waals surface area contributed by atoms with E-state index in [0.717, 1.165) is 11.9 Å². The summed E-state index contributed by atoms with van der Waals surface area (Å²) in [4.78, 5) is 4.56. The highest BCUT2D eigenvalue weighted by molar-refractivity contribution is 7.90. The molecule has 2 aromatic carbocycles. The fourth-order valence-electron chi connectivity index (χ4n) is 2.74. The van der Waals surface area contributed by atoms with Gasteiger partial charge in [0.1, 0.15) is 17.2 Å². The summed E-state index contributed by atoms with van der Waals surface area (Å²) in [5.74, 6) is 1.43. The molecule has 0 radical (unpaired) electrons. The maximum Gasteiger partial charge on any atom is 0.185 e. The van der Waals surface area contributed by atoms with E-state index >= 15 is 0 Å². The zero-order valence-electron chi connectivity index (χ0n) is 17.4. The number of thiazole rings is 1. The number of aliphatic hydroxyl groups is 1. The van der Waals surface area contributed by atoms with Gasteiger partial charge in [-0.15, -0.1) is 11.3 Å². The summed E-state index contributed by atoms with van der Waals surface area (Å²) in [7, 11) is -1.69. The SMILES string of the molecule is CCOc1cc(Oc2ccc(S(C)(=O)=O)cc2)cc(C(O)Nc2nc(COC)cs2)c1. The number of sulfone groups is 1. The predicted octanol–water partition coefficient (Wildman–Crippen LogP) is 3.99. The van der Waals surface area contributed by atoms with Gasteiger partial charge in [0.25, 0.3) is 0 Å². The molecule has 31 heavy (non-hydrogen) atoms. The number of anilines is 1. The number of rotatable bonds is 10. The Morgan fingerprint density at radius 3 is 2.48 bits per heavy atom. The van der Waals surface area contributed by atoms with Crippen LogP contribution in [0.3, 0.4) is 0 Å². The zero-order chi connectivity index (χ0) is 22.4. The molecule has 0 saturated heterocycles. The van der Waals surface area contributed by atoms with Crippen LogP contribution in [0.1, 0.15) is 24.4 Å². The van der Waals surface area contributed by atoms with Crippen molar-refractivity contribution in [2.45, 2.75) is 24.7 Å². The van der Waals surface area contributed by atoms with Crippen molar-refractivity contribution >= 4 is 26.3 Å². The van der Waals surface area contributed by atoms with Gasteiger partial charge >= 0.3 is 0 Å². The number of benzene rings is 2. The molecule has 3 aromatic rings. The van der Waals surface area contributed by atoms with Crippen molar-refractivity contribution in [2.24, 2.45) is 0 Å². The minimum Gasteiger partial charge on any atom is -0.494 e. The summed E-state index contributed by atoms with van der Waals surface area (Å²) in [5.41, 5.74) is 1.30. The fourth-order valence-corrected chi connectivity index (χ4v) is 4.09. The lowest BCUT2D eigenvalue weighted by Gasteiger charge is -2.16. The molecular formula is C21H24N2O6S2. The zero-order valence-corrected chi connectivity index (χ0v) is 19.0. The van der Waals surface area contributed by atoms with Crippen molar-refractivity contribution in [3.63, 3.8) is 0 Å². The second-order valence-electron chi connectivity index (χ2n) is 6.64. The molecule has 1 atom stereocenters. The normalized spacial score (nSPS) is 12.4. The quantitative estimate of drug-likeness (QED) is 0.434.